The number of aromatic nitrogens is 2. The zero-order valence-electron chi connectivity index (χ0n) is 13.2. The van der Waals surface area contributed by atoms with Gasteiger partial charge < -0.3 is 10.3 Å². The zero-order chi connectivity index (χ0) is 18.7. The van der Waals surface area contributed by atoms with Crippen LogP contribution >= 0.6 is 0 Å². The Bertz CT molecular complexity index is 1100. The number of benzene rings is 2. The molecular weight excluding hydrogens is 340 g/mol. The molecule has 0 aliphatic rings. The van der Waals surface area contributed by atoms with Crippen molar-refractivity contribution in [2.45, 2.75) is 0 Å². The fourth-order valence-corrected chi connectivity index (χ4v) is 2.34. The van der Waals surface area contributed by atoms with Gasteiger partial charge in [0, 0.05) is 24.0 Å². The van der Waals surface area contributed by atoms with Crippen molar-refractivity contribution in [3.8, 4) is 5.69 Å². The van der Waals surface area contributed by atoms with Crippen LogP contribution in [0.5, 0.6) is 0 Å². The molecule has 0 spiro atoms. The van der Waals surface area contributed by atoms with E-state index in [1.165, 1.54) is 24.3 Å². The van der Waals surface area contributed by atoms with Crippen molar-refractivity contribution in [2.75, 3.05) is 5.32 Å². The first-order valence-electron chi connectivity index (χ1n) is 7.43. The molecule has 9 nitrogen and oxygen atoms in total. The Hall–Kier alpha value is -4.01. The van der Waals surface area contributed by atoms with Crippen molar-refractivity contribution in [2.24, 2.45) is 0 Å². The van der Waals surface area contributed by atoms with Crippen LogP contribution in [-0.2, 0) is 0 Å². The van der Waals surface area contributed by atoms with Crippen LogP contribution in [-0.4, -0.2) is 20.4 Å². The molecule has 1 aromatic heterocycles. The molecule has 1 heterocycles. The van der Waals surface area contributed by atoms with Crippen molar-refractivity contribution >= 4 is 17.3 Å². The molecule has 0 fully saturated rings. The lowest BCUT2D eigenvalue weighted by Crippen LogP contribution is -2.38. The summed E-state index contributed by atoms with van der Waals surface area (Å²) in [5.41, 5.74) is -1.54. The number of nitro benzene ring substituents is 1. The van der Waals surface area contributed by atoms with Gasteiger partial charge in [0.25, 0.3) is 17.2 Å². The van der Waals surface area contributed by atoms with Gasteiger partial charge in [-0.25, -0.2) is 9.36 Å². The van der Waals surface area contributed by atoms with Crippen molar-refractivity contribution in [1.82, 2.24) is 9.55 Å². The molecule has 130 valence electrons. The Morgan fingerprint density at radius 3 is 2.50 bits per heavy atom. The average Bonchev–Trinajstić information content (AvgIpc) is 2.63. The van der Waals surface area contributed by atoms with Crippen LogP contribution in [0.3, 0.4) is 0 Å². The summed E-state index contributed by atoms with van der Waals surface area (Å²) in [6, 6.07) is 13.4. The average molecular weight is 352 g/mol. The molecule has 9 heteroatoms. The monoisotopic (exact) mass is 352 g/mol. The first-order valence-corrected chi connectivity index (χ1v) is 7.43. The Kier molecular flexibility index (Phi) is 4.44. The molecule has 0 aliphatic carbocycles. The number of aromatic amines is 1. The fraction of sp³-hybridized carbons (Fsp3) is 0. The number of nitrogens with zero attached hydrogens (tertiary/aromatic N) is 2. The Morgan fingerprint density at radius 2 is 1.81 bits per heavy atom. The second-order valence-electron chi connectivity index (χ2n) is 5.25. The summed E-state index contributed by atoms with van der Waals surface area (Å²) < 4.78 is 0.836. The van der Waals surface area contributed by atoms with E-state index in [0.29, 0.717) is 5.69 Å². The number of non-ortho nitro benzene ring substituents is 1. The highest BCUT2D eigenvalue weighted by Crippen LogP contribution is 2.17. The van der Waals surface area contributed by atoms with Gasteiger partial charge in [-0.05, 0) is 18.2 Å². The van der Waals surface area contributed by atoms with E-state index in [9.17, 15) is 24.5 Å². The summed E-state index contributed by atoms with van der Waals surface area (Å²) in [6.45, 7) is 0. The number of nitrogens with one attached hydrogen (secondary N) is 2. The zero-order valence-corrected chi connectivity index (χ0v) is 13.2. The maximum atomic E-state index is 12.6. The van der Waals surface area contributed by atoms with Crippen LogP contribution in [0.4, 0.5) is 11.4 Å². The van der Waals surface area contributed by atoms with Gasteiger partial charge in [-0.1, -0.05) is 24.3 Å². The highest BCUT2D eigenvalue weighted by molar-refractivity contribution is 6.04. The molecule has 2 aromatic carbocycles. The van der Waals surface area contributed by atoms with Crippen LogP contribution in [0.2, 0.25) is 0 Å². The Morgan fingerprint density at radius 1 is 1.08 bits per heavy atom. The maximum absolute atomic E-state index is 12.6. The summed E-state index contributed by atoms with van der Waals surface area (Å²) in [7, 11) is 0. The van der Waals surface area contributed by atoms with Crippen LogP contribution in [0, 0.1) is 10.1 Å². The highest BCUT2D eigenvalue weighted by atomic mass is 16.6. The van der Waals surface area contributed by atoms with Gasteiger partial charge >= 0.3 is 5.69 Å². The minimum atomic E-state index is -0.803. The summed E-state index contributed by atoms with van der Waals surface area (Å²) in [5.74, 6) is -0.795. The van der Waals surface area contributed by atoms with Crippen LogP contribution < -0.4 is 16.6 Å². The topological polar surface area (TPSA) is 127 Å². The quantitative estimate of drug-likeness (QED) is 0.545. The van der Waals surface area contributed by atoms with Gasteiger partial charge in [0.2, 0.25) is 0 Å². The van der Waals surface area contributed by atoms with E-state index < -0.39 is 22.1 Å². The summed E-state index contributed by atoms with van der Waals surface area (Å²) in [4.78, 5) is 49.5. The molecule has 26 heavy (non-hydrogen) atoms. The Balaban J connectivity index is 1.99. The molecule has 3 aromatic rings. The smallest absolute Gasteiger partial charge is 0.322 e. The Labute approximate surface area is 145 Å². The molecule has 0 radical (unpaired) electrons. The van der Waals surface area contributed by atoms with Crippen molar-refractivity contribution in [1.29, 1.82) is 0 Å². The van der Waals surface area contributed by atoms with E-state index in [-0.39, 0.29) is 16.9 Å². The van der Waals surface area contributed by atoms with Crippen molar-refractivity contribution in [3.63, 3.8) is 0 Å². The molecule has 3 rings (SSSR count). The lowest BCUT2D eigenvalue weighted by molar-refractivity contribution is -0.384. The molecule has 1 amide bonds. The van der Waals surface area contributed by atoms with Crippen molar-refractivity contribution in [3.05, 3.63) is 97.3 Å². The fourth-order valence-electron chi connectivity index (χ4n) is 2.34. The summed E-state index contributed by atoms with van der Waals surface area (Å²) in [6.07, 6.45) is 1.01. The van der Waals surface area contributed by atoms with Gasteiger partial charge in [-0.15, -0.1) is 0 Å². The lowest BCUT2D eigenvalue weighted by Gasteiger charge is -2.08. The number of carbonyl (C=O) groups is 1. The summed E-state index contributed by atoms with van der Waals surface area (Å²) in [5, 5.41) is 13.2. The van der Waals surface area contributed by atoms with E-state index in [1.807, 2.05) is 0 Å². The number of nitro groups is 1. The molecule has 0 unspecified atom stereocenters. The second kappa shape index (κ2) is 6.85. The maximum Gasteiger partial charge on any atom is 0.333 e. The number of rotatable bonds is 4. The number of hydrogen-bond acceptors (Lipinski definition) is 5. The first-order chi connectivity index (χ1) is 12.5. The van der Waals surface area contributed by atoms with E-state index in [0.717, 1.165) is 10.8 Å². The van der Waals surface area contributed by atoms with Gasteiger partial charge in [0.1, 0.15) is 5.56 Å². The van der Waals surface area contributed by atoms with Gasteiger partial charge in [0.15, 0.2) is 0 Å². The van der Waals surface area contributed by atoms with E-state index >= 15 is 0 Å². The number of carbonyl (C=O) groups excluding carboxylic acids is 1. The predicted octanol–water partition coefficient (Wildman–Crippen LogP) is 1.69. The first kappa shape index (κ1) is 16.8. The summed E-state index contributed by atoms with van der Waals surface area (Å²) >= 11 is 0. The number of H-pyrrole nitrogens is 1. The van der Waals surface area contributed by atoms with E-state index in [4.69, 9.17) is 0 Å². The van der Waals surface area contributed by atoms with E-state index in [1.54, 1.807) is 30.3 Å². The third-order valence-electron chi connectivity index (χ3n) is 3.55. The van der Waals surface area contributed by atoms with Crippen LogP contribution in [0.15, 0.2) is 70.4 Å². The molecule has 0 atom stereocenters. The number of hydrogen-bond donors (Lipinski definition) is 2. The minimum absolute atomic E-state index is 0.154. The number of anilines is 1. The number of amides is 1. The minimum Gasteiger partial charge on any atom is -0.322 e. The lowest BCUT2D eigenvalue weighted by atomic mass is 10.2. The molecule has 0 aliphatic heterocycles. The third kappa shape index (κ3) is 3.26. The molecule has 2 N–H and O–H groups in total. The standard InChI is InChI=1S/C17H12N4O5/c22-15(19-11-5-4-8-13(9-11)21(25)26)14-10-18-17(24)20(16(14)23)12-6-2-1-3-7-12/h1-10H,(H,18,24)(H,19,22). The molecule has 0 bridgehead atoms. The van der Waals surface area contributed by atoms with E-state index in [2.05, 4.69) is 10.3 Å². The molecule has 0 saturated carbocycles. The molecule has 0 saturated heterocycles. The van der Waals surface area contributed by atoms with Crippen molar-refractivity contribution < 1.29 is 9.72 Å². The van der Waals surface area contributed by atoms with Crippen LogP contribution in [0.1, 0.15) is 10.4 Å². The highest BCUT2D eigenvalue weighted by Gasteiger charge is 2.16. The normalized spacial score (nSPS) is 10.3. The van der Waals surface area contributed by atoms with Gasteiger partial charge in [-0.2, -0.15) is 0 Å². The van der Waals surface area contributed by atoms with Crippen LogP contribution in [0.25, 0.3) is 5.69 Å². The predicted molar refractivity (Wildman–Crippen MR) is 93.7 cm³/mol. The SMILES string of the molecule is O=C(Nc1cccc([N+](=O)[O-])c1)c1c[nH]c(=O)n(-c2ccccc2)c1=O. The second-order valence-corrected chi connectivity index (χ2v) is 5.25. The number of para-hydroxylation sites is 1. The van der Waals surface area contributed by atoms with Gasteiger partial charge in [-0.3, -0.25) is 19.7 Å². The third-order valence-corrected chi connectivity index (χ3v) is 3.55. The van der Waals surface area contributed by atoms with Gasteiger partial charge in [0.05, 0.1) is 10.6 Å². The molecular formula is C17H12N4O5. The largest absolute Gasteiger partial charge is 0.333 e.